The molecule has 0 aliphatic heterocycles. The van der Waals surface area contributed by atoms with E-state index >= 15 is 0 Å². The van der Waals surface area contributed by atoms with Gasteiger partial charge in [0.2, 0.25) is 5.91 Å². The zero-order chi connectivity index (χ0) is 12.9. The summed E-state index contributed by atoms with van der Waals surface area (Å²) in [4.78, 5) is 11.9. The van der Waals surface area contributed by atoms with Crippen molar-refractivity contribution >= 4 is 18.5 Å². The Hall–Kier alpha value is -0.220. The molecule has 100 valence electrons. The smallest absolute Gasteiger partial charge is 0.220 e. The van der Waals surface area contributed by atoms with Gasteiger partial charge < -0.3 is 10.1 Å². The van der Waals surface area contributed by atoms with Gasteiger partial charge in [-0.3, -0.25) is 4.79 Å². The zero-order valence-electron chi connectivity index (χ0n) is 11.2. The molecule has 1 saturated carbocycles. The van der Waals surface area contributed by atoms with Crippen LogP contribution < -0.4 is 5.32 Å². The molecule has 1 rings (SSSR count). The number of hydrogen-bond donors (Lipinski definition) is 2. The van der Waals surface area contributed by atoms with Crippen molar-refractivity contribution in [3.63, 3.8) is 0 Å². The van der Waals surface area contributed by atoms with Crippen LogP contribution in [0.5, 0.6) is 0 Å². The molecular formula is C13H25NO2S. The molecule has 3 nitrogen and oxygen atoms in total. The first-order valence-corrected chi connectivity index (χ1v) is 7.14. The fourth-order valence-electron chi connectivity index (χ4n) is 1.81. The summed E-state index contributed by atoms with van der Waals surface area (Å²) in [5, 5.41) is 3.08. The van der Waals surface area contributed by atoms with Crippen LogP contribution in [0.2, 0.25) is 0 Å². The van der Waals surface area contributed by atoms with Gasteiger partial charge in [0.25, 0.3) is 0 Å². The third kappa shape index (κ3) is 4.88. The summed E-state index contributed by atoms with van der Waals surface area (Å²) in [6, 6.07) is 0.123. The Kier molecular flexibility index (Phi) is 5.80. The van der Waals surface area contributed by atoms with E-state index in [4.69, 9.17) is 4.74 Å². The number of carbonyl (C=O) groups is 1. The average Bonchev–Trinajstić information content (AvgIpc) is 3.04. The largest absolute Gasteiger partial charge is 0.380 e. The Morgan fingerprint density at radius 2 is 2.12 bits per heavy atom. The fourth-order valence-corrected chi connectivity index (χ4v) is 2.24. The topological polar surface area (TPSA) is 38.3 Å². The molecule has 0 aromatic rings. The summed E-state index contributed by atoms with van der Waals surface area (Å²) in [5.41, 5.74) is 0.195. The molecule has 1 unspecified atom stereocenters. The third-order valence-corrected chi connectivity index (χ3v) is 4.15. The molecule has 17 heavy (non-hydrogen) atoms. The lowest BCUT2D eigenvalue weighted by Gasteiger charge is -2.23. The normalized spacial score (nSPS) is 19.1. The molecule has 0 radical (unpaired) electrons. The summed E-state index contributed by atoms with van der Waals surface area (Å²) in [6.45, 7) is 7.48. The van der Waals surface area contributed by atoms with Gasteiger partial charge in [0.15, 0.2) is 0 Å². The van der Waals surface area contributed by atoms with Crippen molar-refractivity contribution in [1.82, 2.24) is 5.32 Å². The maximum absolute atomic E-state index is 11.9. The van der Waals surface area contributed by atoms with Gasteiger partial charge in [0.1, 0.15) is 0 Å². The van der Waals surface area contributed by atoms with E-state index in [2.05, 4.69) is 31.8 Å². The number of thiol groups is 1. The summed E-state index contributed by atoms with van der Waals surface area (Å²) in [5.74, 6) is 1.37. The van der Waals surface area contributed by atoms with Crippen molar-refractivity contribution < 1.29 is 9.53 Å². The molecule has 1 aliphatic rings. The van der Waals surface area contributed by atoms with Crippen molar-refractivity contribution in [2.45, 2.75) is 46.1 Å². The van der Waals surface area contributed by atoms with Crippen molar-refractivity contribution in [2.75, 3.05) is 19.0 Å². The maximum atomic E-state index is 11.9. The van der Waals surface area contributed by atoms with Crippen LogP contribution in [0, 0.1) is 11.3 Å². The Morgan fingerprint density at radius 1 is 1.47 bits per heavy atom. The second-order valence-corrected chi connectivity index (χ2v) is 5.73. The minimum Gasteiger partial charge on any atom is -0.380 e. The highest BCUT2D eigenvalue weighted by Gasteiger charge is 2.43. The standard InChI is InChI=1S/C13H25NO2S/c1-4-16-8-11(10(2)3)14-12(15)7-13(9-17)5-6-13/h10-11,17H,4-9H2,1-3H3,(H,14,15). The van der Waals surface area contributed by atoms with Gasteiger partial charge in [-0.2, -0.15) is 12.6 Å². The van der Waals surface area contributed by atoms with E-state index in [-0.39, 0.29) is 17.4 Å². The molecule has 0 bridgehead atoms. The number of rotatable bonds is 8. The predicted octanol–water partition coefficient (Wildman–Crippen LogP) is 2.26. The lowest BCUT2D eigenvalue weighted by Crippen LogP contribution is -2.42. The van der Waals surface area contributed by atoms with Crippen LogP contribution in [-0.2, 0) is 9.53 Å². The highest BCUT2D eigenvalue weighted by atomic mass is 32.1. The molecule has 1 N–H and O–H groups in total. The highest BCUT2D eigenvalue weighted by Crippen LogP contribution is 2.49. The second-order valence-electron chi connectivity index (χ2n) is 5.41. The van der Waals surface area contributed by atoms with Gasteiger partial charge >= 0.3 is 0 Å². The van der Waals surface area contributed by atoms with Crippen LogP contribution in [0.15, 0.2) is 0 Å². The van der Waals surface area contributed by atoms with E-state index in [1.54, 1.807) is 0 Å². The maximum Gasteiger partial charge on any atom is 0.220 e. The molecule has 1 amide bonds. The van der Waals surface area contributed by atoms with Crippen LogP contribution in [0.4, 0.5) is 0 Å². The van der Waals surface area contributed by atoms with E-state index in [9.17, 15) is 4.79 Å². The zero-order valence-corrected chi connectivity index (χ0v) is 12.1. The fraction of sp³-hybridized carbons (Fsp3) is 0.923. The van der Waals surface area contributed by atoms with Crippen LogP contribution in [-0.4, -0.2) is 30.9 Å². The number of carbonyl (C=O) groups excluding carboxylic acids is 1. The number of hydrogen-bond acceptors (Lipinski definition) is 3. The van der Waals surface area contributed by atoms with Crippen LogP contribution in [0.3, 0.4) is 0 Å². The van der Waals surface area contributed by atoms with Crippen LogP contribution in [0.25, 0.3) is 0 Å². The summed E-state index contributed by atoms with van der Waals surface area (Å²) in [6.07, 6.45) is 2.90. The highest BCUT2D eigenvalue weighted by molar-refractivity contribution is 7.80. The van der Waals surface area contributed by atoms with Gasteiger partial charge in [-0.1, -0.05) is 13.8 Å². The molecule has 0 aromatic carbocycles. The van der Waals surface area contributed by atoms with Crippen molar-refractivity contribution in [3.8, 4) is 0 Å². The minimum absolute atomic E-state index is 0.123. The monoisotopic (exact) mass is 259 g/mol. The Balaban J connectivity index is 2.35. The molecular weight excluding hydrogens is 234 g/mol. The Morgan fingerprint density at radius 3 is 2.53 bits per heavy atom. The van der Waals surface area contributed by atoms with E-state index in [1.807, 2.05) is 6.92 Å². The summed E-state index contributed by atoms with van der Waals surface area (Å²) >= 11 is 4.32. The van der Waals surface area contributed by atoms with Gasteiger partial charge in [-0.25, -0.2) is 0 Å². The van der Waals surface area contributed by atoms with Crippen molar-refractivity contribution in [3.05, 3.63) is 0 Å². The van der Waals surface area contributed by atoms with E-state index < -0.39 is 0 Å². The SMILES string of the molecule is CCOCC(NC(=O)CC1(CS)CC1)C(C)C. The van der Waals surface area contributed by atoms with Gasteiger partial charge in [-0.05, 0) is 36.9 Å². The molecule has 1 atom stereocenters. The number of ether oxygens (including phenoxy) is 1. The first kappa shape index (κ1) is 14.8. The van der Waals surface area contributed by atoms with E-state index in [0.29, 0.717) is 25.6 Å². The Bertz CT molecular complexity index is 252. The molecule has 1 fully saturated rings. The Labute approximate surface area is 110 Å². The first-order valence-electron chi connectivity index (χ1n) is 6.51. The molecule has 0 saturated heterocycles. The molecule has 1 aliphatic carbocycles. The first-order chi connectivity index (χ1) is 8.03. The number of nitrogens with one attached hydrogen (secondary N) is 1. The lowest BCUT2D eigenvalue weighted by atomic mass is 10.0. The molecule has 4 heteroatoms. The second kappa shape index (κ2) is 6.64. The van der Waals surface area contributed by atoms with Gasteiger partial charge in [0.05, 0.1) is 12.6 Å². The van der Waals surface area contributed by atoms with Crippen molar-refractivity contribution in [1.29, 1.82) is 0 Å². The van der Waals surface area contributed by atoms with Gasteiger partial charge in [-0.15, -0.1) is 0 Å². The lowest BCUT2D eigenvalue weighted by molar-refractivity contribution is -0.123. The van der Waals surface area contributed by atoms with Crippen LogP contribution in [0.1, 0.15) is 40.0 Å². The summed E-state index contributed by atoms with van der Waals surface area (Å²) in [7, 11) is 0. The molecule has 0 heterocycles. The van der Waals surface area contributed by atoms with E-state index in [0.717, 1.165) is 18.6 Å². The van der Waals surface area contributed by atoms with Crippen molar-refractivity contribution in [2.24, 2.45) is 11.3 Å². The number of amides is 1. The van der Waals surface area contributed by atoms with E-state index in [1.165, 1.54) is 0 Å². The predicted molar refractivity (Wildman–Crippen MR) is 73.4 cm³/mol. The average molecular weight is 259 g/mol. The minimum atomic E-state index is 0.123. The van der Waals surface area contributed by atoms with Gasteiger partial charge in [0, 0.05) is 13.0 Å². The molecule has 0 aromatic heterocycles. The summed E-state index contributed by atoms with van der Waals surface area (Å²) < 4.78 is 5.40. The third-order valence-electron chi connectivity index (χ3n) is 3.48. The molecule has 0 spiro atoms. The quantitative estimate of drug-likeness (QED) is 0.656. The van der Waals surface area contributed by atoms with Crippen LogP contribution >= 0.6 is 12.6 Å².